The molecular weight excluding hydrogens is 418 g/mol. The second-order valence-electron chi connectivity index (χ2n) is 8.36. The lowest BCUT2D eigenvalue weighted by Crippen LogP contribution is -2.54. The third kappa shape index (κ3) is 5.49. The molecule has 7 heteroatoms. The first-order chi connectivity index (χ1) is 16.1. The summed E-state index contributed by atoms with van der Waals surface area (Å²) in [5.74, 6) is -0.762. The van der Waals surface area contributed by atoms with E-state index in [9.17, 15) is 14.4 Å². The minimum absolute atomic E-state index is 0.169. The van der Waals surface area contributed by atoms with Gasteiger partial charge in [0, 0.05) is 19.5 Å². The van der Waals surface area contributed by atoms with E-state index in [-0.39, 0.29) is 23.8 Å². The van der Waals surface area contributed by atoms with Crippen LogP contribution in [-0.4, -0.2) is 53.9 Å². The van der Waals surface area contributed by atoms with E-state index in [2.05, 4.69) is 17.2 Å². The van der Waals surface area contributed by atoms with Gasteiger partial charge in [0.1, 0.15) is 18.2 Å². The number of carbonyl (C=O) groups excluding carboxylic acids is 3. The van der Waals surface area contributed by atoms with Gasteiger partial charge in [-0.15, -0.1) is 6.58 Å². The number of nitrogens with zero attached hydrogens (tertiary/aromatic N) is 1. The molecule has 33 heavy (non-hydrogen) atoms. The molecule has 2 N–H and O–H groups in total. The van der Waals surface area contributed by atoms with Crippen LogP contribution >= 0.6 is 0 Å². The van der Waals surface area contributed by atoms with Crippen LogP contribution in [0.1, 0.15) is 30.1 Å². The summed E-state index contributed by atoms with van der Waals surface area (Å²) in [6, 6.07) is 17.8. The number of epoxide rings is 1. The zero-order chi connectivity index (χ0) is 23.2. The van der Waals surface area contributed by atoms with Gasteiger partial charge in [-0.3, -0.25) is 14.4 Å². The second kappa shape index (κ2) is 10.4. The number of hydrogen-bond donors (Lipinski definition) is 2. The number of benzene rings is 2. The van der Waals surface area contributed by atoms with Crippen molar-refractivity contribution in [2.75, 3.05) is 13.1 Å². The Kier molecular flexibility index (Phi) is 7.19. The number of rotatable bonds is 9. The molecule has 0 radical (unpaired) electrons. The fraction of sp³-hybridized carbons (Fsp3) is 0.346. The predicted octanol–water partition coefficient (Wildman–Crippen LogP) is 2.15. The van der Waals surface area contributed by atoms with Crippen LogP contribution in [0.3, 0.4) is 0 Å². The first-order valence-corrected chi connectivity index (χ1v) is 11.3. The molecule has 2 saturated heterocycles. The molecule has 0 aromatic heterocycles. The molecule has 0 aliphatic carbocycles. The number of nitrogens with one attached hydrogen (secondary N) is 2. The zero-order valence-corrected chi connectivity index (χ0v) is 18.5. The summed E-state index contributed by atoms with van der Waals surface area (Å²) in [7, 11) is 0. The highest BCUT2D eigenvalue weighted by Crippen LogP contribution is 2.40. The van der Waals surface area contributed by atoms with Gasteiger partial charge < -0.3 is 20.3 Å². The molecule has 7 nitrogen and oxygen atoms in total. The lowest BCUT2D eigenvalue weighted by Gasteiger charge is -2.26. The molecule has 0 spiro atoms. The summed E-state index contributed by atoms with van der Waals surface area (Å²) < 4.78 is 5.65. The largest absolute Gasteiger partial charge is 0.354 e. The van der Waals surface area contributed by atoms with Crippen molar-refractivity contribution in [2.45, 2.75) is 43.6 Å². The van der Waals surface area contributed by atoms with Gasteiger partial charge in [0.2, 0.25) is 11.8 Å². The molecule has 2 fully saturated rings. The summed E-state index contributed by atoms with van der Waals surface area (Å²) >= 11 is 0. The van der Waals surface area contributed by atoms with Crippen molar-refractivity contribution in [1.29, 1.82) is 0 Å². The highest BCUT2D eigenvalue weighted by atomic mass is 16.6. The molecule has 2 aliphatic rings. The van der Waals surface area contributed by atoms with E-state index in [0.29, 0.717) is 25.9 Å². The van der Waals surface area contributed by atoms with Gasteiger partial charge in [0.25, 0.3) is 5.91 Å². The molecule has 0 unspecified atom stereocenters. The van der Waals surface area contributed by atoms with Crippen LogP contribution in [-0.2, 0) is 25.5 Å². The summed E-state index contributed by atoms with van der Waals surface area (Å²) in [6.45, 7) is 4.44. The maximum absolute atomic E-state index is 13.2. The van der Waals surface area contributed by atoms with Crippen LogP contribution in [0.4, 0.5) is 0 Å². The maximum Gasteiger partial charge on any atom is 0.255 e. The molecule has 2 heterocycles. The van der Waals surface area contributed by atoms with Crippen molar-refractivity contribution in [3.63, 3.8) is 0 Å². The SMILES string of the molecule is C=CCNC(=O)[C@H](Cc1ccccc1)NC(=O)[C@@H]1CCCN1C(=O)[C@@H]1O[C@@H]1c1ccccc1. The normalized spacial score (nSPS) is 22.3. The maximum atomic E-state index is 13.2. The third-order valence-electron chi connectivity index (χ3n) is 6.04. The molecule has 2 aliphatic heterocycles. The van der Waals surface area contributed by atoms with Crippen LogP contribution in [0.25, 0.3) is 0 Å². The molecular formula is C26H29N3O4. The summed E-state index contributed by atoms with van der Waals surface area (Å²) in [5.41, 5.74) is 1.89. The van der Waals surface area contributed by atoms with Crippen LogP contribution in [0, 0.1) is 0 Å². The highest BCUT2D eigenvalue weighted by molar-refractivity contribution is 5.94. The van der Waals surface area contributed by atoms with Crippen molar-refractivity contribution >= 4 is 17.7 Å². The topological polar surface area (TPSA) is 91.0 Å². The van der Waals surface area contributed by atoms with Gasteiger partial charge >= 0.3 is 0 Å². The molecule has 2 aromatic rings. The summed E-state index contributed by atoms with van der Waals surface area (Å²) in [4.78, 5) is 40.6. The van der Waals surface area contributed by atoms with Gasteiger partial charge in [-0.2, -0.15) is 0 Å². The lowest BCUT2D eigenvalue weighted by molar-refractivity contribution is -0.140. The minimum Gasteiger partial charge on any atom is -0.354 e. The van der Waals surface area contributed by atoms with E-state index < -0.39 is 18.2 Å². The van der Waals surface area contributed by atoms with E-state index in [1.165, 1.54) is 0 Å². The van der Waals surface area contributed by atoms with E-state index in [1.54, 1.807) is 11.0 Å². The molecule has 2 aromatic carbocycles. The summed E-state index contributed by atoms with van der Waals surface area (Å²) in [6.07, 6.45) is 2.42. The molecule has 4 rings (SSSR count). The molecule has 172 valence electrons. The van der Waals surface area contributed by atoms with Gasteiger partial charge in [-0.05, 0) is 24.0 Å². The number of ether oxygens (including phenoxy) is 1. The Morgan fingerprint density at radius 3 is 2.48 bits per heavy atom. The van der Waals surface area contributed by atoms with Gasteiger partial charge in [-0.1, -0.05) is 66.7 Å². The first kappa shape index (κ1) is 22.7. The quantitative estimate of drug-likeness (QED) is 0.455. The van der Waals surface area contributed by atoms with Gasteiger partial charge in [0.15, 0.2) is 6.10 Å². The van der Waals surface area contributed by atoms with Crippen LogP contribution in [0.2, 0.25) is 0 Å². The Balaban J connectivity index is 1.41. The minimum atomic E-state index is -0.744. The van der Waals surface area contributed by atoms with E-state index in [0.717, 1.165) is 17.5 Å². The Labute approximate surface area is 193 Å². The Morgan fingerprint density at radius 2 is 1.79 bits per heavy atom. The van der Waals surface area contributed by atoms with Gasteiger partial charge in [0.05, 0.1) is 0 Å². The summed E-state index contributed by atoms with van der Waals surface area (Å²) in [5, 5.41) is 5.65. The predicted molar refractivity (Wildman–Crippen MR) is 124 cm³/mol. The standard InChI is InChI=1S/C26H29N3O4/c1-2-15-27-24(30)20(17-18-10-5-3-6-11-18)28-25(31)21-14-9-16-29(21)26(32)23-22(33-23)19-12-7-4-8-13-19/h2-8,10-13,20-23H,1,9,14-17H2,(H,27,30)(H,28,31)/t20-,21-,22+,23+/m0/s1. The molecule has 3 amide bonds. The fourth-order valence-corrected chi connectivity index (χ4v) is 4.29. The van der Waals surface area contributed by atoms with Crippen molar-refractivity contribution in [2.24, 2.45) is 0 Å². The number of amides is 3. The number of hydrogen-bond acceptors (Lipinski definition) is 4. The Morgan fingerprint density at radius 1 is 1.09 bits per heavy atom. The molecule has 4 atom stereocenters. The van der Waals surface area contributed by atoms with Crippen molar-refractivity contribution in [3.8, 4) is 0 Å². The monoisotopic (exact) mass is 447 g/mol. The average Bonchev–Trinajstić information content (AvgIpc) is 3.50. The van der Waals surface area contributed by atoms with Crippen LogP contribution in [0.5, 0.6) is 0 Å². The van der Waals surface area contributed by atoms with E-state index in [1.807, 2.05) is 60.7 Å². The van der Waals surface area contributed by atoms with E-state index in [4.69, 9.17) is 4.74 Å². The van der Waals surface area contributed by atoms with Crippen molar-refractivity contribution in [3.05, 3.63) is 84.4 Å². The molecule has 0 bridgehead atoms. The Hall–Kier alpha value is -3.45. The highest BCUT2D eigenvalue weighted by Gasteiger charge is 2.50. The van der Waals surface area contributed by atoms with Crippen molar-refractivity contribution in [1.82, 2.24) is 15.5 Å². The van der Waals surface area contributed by atoms with Crippen LogP contribution in [0.15, 0.2) is 73.3 Å². The second-order valence-corrected chi connectivity index (χ2v) is 8.36. The smallest absolute Gasteiger partial charge is 0.255 e. The average molecular weight is 448 g/mol. The van der Waals surface area contributed by atoms with E-state index >= 15 is 0 Å². The Bertz CT molecular complexity index is 995. The lowest BCUT2D eigenvalue weighted by atomic mass is 10.0. The number of likely N-dealkylation sites (tertiary alicyclic amines) is 1. The third-order valence-corrected chi connectivity index (χ3v) is 6.04. The molecule has 0 saturated carbocycles. The first-order valence-electron chi connectivity index (χ1n) is 11.3. The van der Waals surface area contributed by atoms with Crippen molar-refractivity contribution < 1.29 is 19.1 Å². The zero-order valence-electron chi connectivity index (χ0n) is 18.5. The van der Waals surface area contributed by atoms with Crippen LogP contribution < -0.4 is 10.6 Å². The van der Waals surface area contributed by atoms with Gasteiger partial charge in [-0.25, -0.2) is 0 Å². The fourth-order valence-electron chi connectivity index (χ4n) is 4.29. The number of carbonyl (C=O) groups is 3.